The van der Waals surface area contributed by atoms with Crippen molar-refractivity contribution in [2.75, 3.05) is 19.7 Å². The van der Waals surface area contributed by atoms with Gasteiger partial charge in [0.2, 0.25) is 5.91 Å². The number of amides is 3. The summed E-state index contributed by atoms with van der Waals surface area (Å²) in [5, 5.41) is 2.47. The molecule has 1 aliphatic heterocycles. The van der Waals surface area contributed by atoms with E-state index in [1.165, 1.54) is 4.90 Å². The van der Waals surface area contributed by atoms with Crippen molar-refractivity contribution in [2.45, 2.75) is 26.4 Å². The maximum atomic E-state index is 11.3. The lowest BCUT2D eigenvalue weighted by molar-refractivity contribution is -0.128. The molecule has 14 heavy (non-hydrogen) atoms. The van der Waals surface area contributed by atoms with Crippen LogP contribution >= 0.6 is 0 Å². The van der Waals surface area contributed by atoms with E-state index in [9.17, 15) is 9.59 Å². The predicted molar refractivity (Wildman–Crippen MR) is 50.8 cm³/mol. The van der Waals surface area contributed by atoms with Crippen molar-refractivity contribution in [2.24, 2.45) is 0 Å². The molecule has 0 unspecified atom stereocenters. The number of nitrogens with zero attached hydrogens (tertiary/aromatic N) is 1. The van der Waals surface area contributed by atoms with E-state index in [1.54, 1.807) is 0 Å². The fraction of sp³-hybridized carbons (Fsp3) is 0.778. The molecular formula is C9H16N2O3. The molecule has 0 aliphatic carbocycles. The van der Waals surface area contributed by atoms with Gasteiger partial charge in [-0.25, -0.2) is 4.79 Å². The number of hydrogen-bond donors (Lipinski definition) is 1. The van der Waals surface area contributed by atoms with Gasteiger partial charge in [-0.05, 0) is 20.8 Å². The van der Waals surface area contributed by atoms with Crippen LogP contribution in [0.2, 0.25) is 0 Å². The molecule has 1 N–H and O–H groups in total. The summed E-state index contributed by atoms with van der Waals surface area (Å²) in [6.45, 7) is 6.56. The monoisotopic (exact) mass is 200 g/mol. The minimum atomic E-state index is -0.480. The second kappa shape index (κ2) is 3.96. The number of ether oxygens (including phenoxy) is 1. The van der Waals surface area contributed by atoms with Crippen LogP contribution in [0.4, 0.5) is 4.79 Å². The number of rotatable bonds is 4. The first-order chi connectivity index (χ1) is 6.46. The Morgan fingerprint density at radius 1 is 1.50 bits per heavy atom. The zero-order chi connectivity index (χ0) is 10.8. The van der Waals surface area contributed by atoms with Crippen molar-refractivity contribution in [3.05, 3.63) is 0 Å². The van der Waals surface area contributed by atoms with Gasteiger partial charge in [0.05, 0.1) is 18.7 Å². The maximum absolute atomic E-state index is 11.3. The lowest BCUT2D eigenvalue weighted by Gasteiger charge is -2.28. The lowest BCUT2D eigenvalue weighted by atomic mass is 10.1. The van der Waals surface area contributed by atoms with Crippen LogP contribution in [-0.2, 0) is 9.53 Å². The second-order valence-corrected chi connectivity index (χ2v) is 3.83. The van der Waals surface area contributed by atoms with E-state index in [-0.39, 0.29) is 18.5 Å². The molecular weight excluding hydrogens is 184 g/mol. The standard InChI is InChI=1S/C9H16N2O3/c1-4-14-9(2,3)6-11-7(12)5-10-8(11)13/h4-6H2,1-3H3,(H,10,13). The summed E-state index contributed by atoms with van der Waals surface area (Å²) in [7, 11) is 0. The van der Waals surface area contributed by atoms with Crippen LogP contribution in [0, 0.1) is 0 Å². The highest BCUT2D eigenvalue weighted by molar-refractivity contribution is 6.01. The zero-order valence-corrected chi connectivity index (χ0v) is 8.79. The van der Waals surface area contributed by atoms with Gasteiger partial charge >= 0.3 is 6.03 Å². The van der Waals surface area contributed by atoms with Gasteiger partial charge in [0.15, 0.2) is 0 Å². The number of carbonyl (C=O) groups excluding carboxylic acids is 2. The largest absolute Gasteiger partial charge is 0.374 e. The fourth-order valence-electron chi connectivity index (χ4n) is 1.43. The summed E-state index contributed by atoms with van der Waals surface area (Å²) in [6.07, 6.45) is 0. The summed E-state index contributed by atoms with van der Waals surface area (Å²) in [6, 6.07) is -0.331. The molecule has 0 spiro atoms. The van der Waals surface area contributed by atoms with Gasteiger partial charge < -0.3 is 10.1 Å². The molecule has 5 heteroatoms. The van der Waals surface area contributed by atoms with Gasteiger partial charge in [0.1, 0.15) is 0 Å². The highest BCUT2D eigenvalue weighted by Gasteiger charge is 2.33. The highest BCUT2D eigenvalue weighted by Crippen LogP contribution is 2.13. The molecule has 0 saturated carbocycles. The van der Waals surface area contributed by atoms with Gasteiger partial charge in [-0.2, -0.15) is 0 Å². The third-order valence-electron chi connectivity index (χ3n) is 2.01. The average Bonchev–Trinajstić information content (AvgIpc) is 2.35. The number of carbonyl (C=O) groups is 2. The van der Waals surface area contributed by atoms with E-state index in [0.717, 1.165) is 0 Å². The van der Waals surface area contributed by atoms with Gasteiger partial charge in [0, 0.05) is 6.61 Å². The Bertz CT molecular complexity index is 234. The van der Waals surface area contributed by atoms with E-state index >= 15 is 0 Å². The molecule has 5 nitrogen and oxygen atoms in total. The molecule has 3 amide bonds. The van der Waals surface area contributed by atoms with Gasteiger partial charge in [-0.1, -0.05) is 0 Å². The Kier molecular flexibility index (Phi) is 3.10. The summed E-state index contributed by atoms with van der Waals surface area (Å²) in [4.78, 5) is 23.6. The van der Waals surface area contributed by atoms with Crippen molar-refractivity contribution in [3.63, 3.8) is 0 Å². The Hall–Kier alpha value is -1.10. The maximum Gasteiger partial charge on any atom is 0.324 e. The first kappa shape index (κ1) is 11.0. The molecule has 80 valence electrons. The Labute approximate surface area is 83.4 Å². The van der Waals surface area contributed by atoms with E-state index < -0.39 is 5.60 Å². The number of urea groups is 1. The predicted octanol–water partition coefficient (Wildman–Crippen LogP) is 0.353. The third kappa shape index (κ3) is 2.45. The quantitative estimate of drug-likeness (QED) is 0.666. The van der Waals surface area contributed by atoms with Crippen LogP contribution < -0.4 is 5.32 Å². The van der Waals surface area contributed by atoms with Crippen molar-refractivity contribution in [3.8, 4) is 0 Å². The van der Waals surface area contributed by atoms with Crippen molar-refractivity contribution in [1.82, 2.24) is 10.2 Å². The third-order valence-corrected chi connectivity index (χ3v) is 2.01. The Morgan fingerprint density at radius 3 is 2.57 bits per heavy atom. The average molecular weight is 200 g/mol. The fourth-order valence-corrected chi connectivity index (χ4v) is 1.43. The molecule has 1 saturated heterocycles. The molecule has 1 fully saturated rings. The summed E-state index contributed by atoms with van der Waals surface area (Å²) < 4.78 is 5.41. The zero-order valence-electron chi connectivity index (χ0n) is 8.79. The minimum Gasteiger partial charge on any atom is -0.374 e. The van der Waals surface area contributed by atoms with E-state index in [0.29, 0.717) is 13.2 Å². The molecule has 0 atom stereocenters. The van der Waals surface area contributed by atoms with Crippen LogP contribution in [0.1, 0.15) is 20.8 Å². The van der Waals surface area contributed by atoms with Crippen molar-refractivity contribution < 1.29 is 14.3 Å². The summed E-state index contributed by atoms with van der Waals surface area (Å²) >= 11 is 0. The number of imide groups is 1. The van der Waals surface area contributed by atoms with Crippen LogP contribution in [0.5, 0.6) is 0 Å². The van der Waals surface area contributed by atoms with E-state index in [1.807, 2.05) is 20.8 Å². The highest BCUT2D eigenvalue weighted by atomic mass is 16.5. The van der Waals surface area contributed by atoms with Gasteiger partial charge in [0.25, 0.3) is 0 Å². The topological polar surface area (TPSA) is 58.6 Å². The Balaban J connectivity index is 2.58. The molecule has 0 aromatic carbocycles. The smallest absolute Gasteiger partial charge is 0.324 e. The summed E-state index contributed by atoms with van der Waals surface area (Å²) in [5.41, 5.74) is -0.480. The molecule has 0 aromatic heterocycles. The molecule has 0 radical (unpaired) electrons. The second-order valence-electron chi connectivity index (χ2n) is 3.83. The van der Waals surface area contributed by atoms with Crippen LogP contribution in [-0.4, -0.2) is 42.1 Å². The first-order valence-corrected chi connectivity index (χ1v) is 4.68. The van der Waals surface area contributed by atoms with Gasteiger partial charge in [-0.15, -0.1) is 0 Å². The van der Waals surface area contributed by atoms with Crippen LogP contribution in [0.15, 0.2) is 0 Å². The summed E-state index contributed by atoms with van der Waals surface area (Å²) in [5.74, 6) is -0.192. The van der Waals surface area contributed by atoms with Crippen LogP contribution in [0.3, 0.4) is 0 Å². The molecule has 1 aliphatic rings. The lowest BCUT2D eigenvalue weighted by Crippen LogP contribution is -2.44. The SMILES string of the molecule is CCOC(C)(C)CN1C(=O)CNC1=O. The molecule has 0 bridgehead atoms. The van der Waals surface area contributed by atoms with E-state index in [2.05, 4.69) is 5.32 Å². The van der Waals surface area contributed by atoms with Crippen molar-refractivity contribution >= 4 is 11.9 Å². The molecule has 1 heterocycles. The number of hydrogen-bond acceptors (Lipinski definition) is 3. The van der Waals surface area contributed by atoms with Crippen LogP contribution in [0.25, 0.3) is 0 Å². The normalized spacial score (nSPS) is 17.5. The van der Waals surface area contributed by atoms with Crippen molar-refractivity contribution in [1.29, 1.82) is 0 Å². The first-order valence-electron chi connectivity index (χ1n) is 4.68. The minimum absolute atomic E-state index is 0.0983. The Morgan fingerprint density at radius 2 is 2.14 bits per heavy atom. The van der Waals surface area contributed by atoms with Gasteiger partial charge in [-0.3, -0.25) is 9.69 Å². The molecule has 0 aromatic rings. The molecule has 1 rings (SSSR count). The number of nitrogens with one attached hydrogen (secondary N) is 1. The van der Waals surface area contributed by atoms with E-state index in [4.69, 9.17) is 4.74 Å².